The van der Waals surface area contributed by atoms with Crippen molar-refractivity contribution in [1.82, 2.24) is 0 Å². The monoisotopic (exact) mass is 184 g/mol. The summed E-state index contributed by atoms with van der Waals surface area (Å²) in [6.07, 6.45) is 3.74. The minimum atomic E-state index is -0.129. The summed E-state index contributed by atoms with van der Waals surface area (Å²) in [5, 5.41) is 0. The van der Waals surface area contributed by atoms with Gasteiger partial charge in [0.2, 0.25) is 0 Å². The SMILES string of the molecule is CC1CC[NH+](CC(C)(C)C=O)CC1. The van der Waals surface area contributed by atoms with Gasteiger partial charge in [-0.2, -0.15) is 0 Å². The Morgan fingerprint density at radius 2 is 1.92 bits per heavy atom. The largest absolute Gasteiger partial charge is 0.334 e. The molecule has 1 aliphatic heterocycles. The van der Waals surface area contributed by atoms with Crippen molar-refractivity contribution in [1.29, 1.82) is 0 Å². The Balaban J connectivity index is 2.34. The molecule has 0 amide bonds. The van der Waals surface area contributed by atoms with Gasteiger partial charge in [0.15, 0.2) is 0 Å². The molecular weight excluding hydrogens is 162 g/mol. The van der Waals surface area contributed by atoms with Gasteiger partial charge in [-0.3, -0.25) is 0 Å². The highest BCUT2D eigenvalue weighted by Gasteiger charge is 2.26. The van der Waals surface area contributed by atoms with E-state index in [1.807, 2.05) is 13.8 Å². The van der Waals surface area contributed by atoms with Crippen LogP contribution in [0.3, 0.4) is 0 Å². The first-order chi connectivity index (χ1) is 6.03. The van der Waals surface area contributed by atoms with Crippen molar-refractivity contribution in [2.75, 3.05) is 19.6 Å². The summed E-state index contributed by atoms with van der Waals surface area (Å²) in [4.78, 5) is 12.4. The van der Waals surface area contributed by atoms with Crippen molar-refractivity contribution in [2.24, 2.45) is 11.3 Å². The van der Waals surface area contributed by atoms with Crippen LogP contribution in [0.5, 0.6) is 0 Å². The molecule has 1 aliphatic rings. The smallest absolute Gasteiger partial charge is 0.131 e. The molecular formula is C11H22NO+. The first-order valence-corrected chi connectivity index (χ1v) is 5.33. The van der Waals surface area contributed by atoms with Gasteiger partial charge in [-0.05, 0) is 32.6 Å². The zero-order chi connectivity index (χ0) is 9.90. The van der Waals surface area contributed by atoms with Gasteiger partial charge >= 0.3 is 0 Å². The molecule has 1 heterocycles. The number of carbonyl (C=O) groups excluding carboxylic acids is 1. The molecule has 1 saturated heterocycles. The van der Waals surface area contributed by atoms with Crippen LogP contribution < -0.4 is 4.90 Å². The van der Waals surface area contributed by atoms with Crippen LogP contribution in [0.15, 0.2) is 0 Å². The fourth-order valence-corrected chi connectivity index (χ4v) is 2.03. The van der Waals surface area contributed by atoms with Crippen LogP contribution in [0, 0.1) is 11.3 Å². The third kappa shape index (κ3) is 3.47. The molecule has 0 spiro atoms. The fraction of sp³-hybridized carbons (Fsp3) is 0.909. The first-order valence-electron chi connectivity index (χ1n) is 5.33. The number of likely N-dealkylation sites (tertiary alicyclic amines) is 1. The second-order valence-electron chi connectivity index (χ2n) is 5.22. The Bertz CT molecular complexity index is 169. The van der Waals surface area contributed by atoms with Crippen molar-refractivity contribution >= 4 is 6.29 Å². The molecule has 0 aromatic heterocycles. The second kappa shape index (κ2) is 4.23. The van der Waals surface area contributed by atoms with Crippen LogP contribution in [-0.4, -0.2) is 25.9 Å². The lowest BCUT2D eigenvalue weighted by molar-refractivity contribution is -0.910. The van der Waals surface area contributed by atoms with E-state index in [0.29, 0.717) is 0 Å². The molecule has 0 aliphatic carbocycles. The minimum absolute atomic E-state index is 0.129. The van der Waals surface area contributed by atoms with Gasteiger partial charge in [0.25, 0.3) is 0 Å². The number of rotatable bonds is 3. The lowest BCUT2D eigenvalue weighted by atomic mass is 9.92. The van der Waals surface area contributed by atoms with Crippen LogP contribution >= 0.6 is 0 Å². The molecule has 1 fully saturated rings. The van der Waals surface area contributed by atoms with Crippen LogP contribution in [0.1, 0.15) is 33.6 Å². The number of hydrogen-bond acceptors (Lipinski definition) is 1. The third-order valence-electron chi connectivity index (χ3n) is 3.01. The van der Waals surface area contributed by atoms with E-state index in [2.05, 4.69) is 6.92 Å². The van der Waals surface area contributed by atoms with E-state index in [9.17, 15) is 4.79 Å². The average molecular weight is 184 g/mol. The van der Waals surface area contributed by atoms with Gasteiger partial charge < -0.3 is 9.69 Å². The van der Waals surface area contributed by atoms with Gasteiger partial charge in [0.1, 0.15) is 6.29 Å². The van der Waals surface area contributed by atoms with E-state index >= 15 is 0 Å². The van der Waals surface area contributed by atoms with E-state index in [-0.39, 0.29) is 5.41 Å². The van der Waals surface area contributed by atoms with Gasteiger partial charge in [-0.25, -0.2) is 0 Å². The van der Waals surface area contributed by atoms with Crippen molar-refractivity contribution < 1.29 is 9.69 Å². The topological polar surface area (TPSA) is 21.5 Å². The molecule has 0 aromatic carbocycles. The molecule has 0 bridgehead atoms. The molecule has 0 radical (unpaired) electrons. The Morgan fingerprint density at radius 3 is 2.38 bits per heavy atom. The average Bonchev–Trinajstić information content (AvgIpc) is 2.09. The van der Waals surface area contributed by atoms with Gasteiger partial charge in [0.05, 0.1) is 25.0 Å². The normalized spacial score (nSPS) is 30.1. The molecule has 2 heteroatoms. The number of piperidine rings is 1. The van der Waals surface area contributed by atoms with Crippen molar-refractivity contribution in [2.45, 2.75) is 33.6 Å². The van der Waals surface area contributed by atoms with Gasteiger partial charge in [-0.15, -0.1) is 0 Å². The molecule has 0 saturated carbocycles. The second-order valence-corrected chi connectivity index (χ2v) is 5.22. The molecule has 0 atom stereocenters. The fourth-order valence-electron chi connectivity index (χ4n) is 2.03. The van der Waals surface area contributed by atoms with E-state index < -0.39 is 0 Å². The predicted molar refractivity (Wildman–Crippen MR) is 53.8 cm³/mol. The summed E-state index contributed by atoms with van der Waals surface area (Å²) in [7, 11) is 0. The molecule has 1 N–H and O–H groups in total. The van der Waals surface area contributed by atoms with E-state index in [4.69, 9.17) is 0 Å². The Morgan fingerprint density at radius 1 is 1.38 bits per heavy atom. The number of nitrogens with one attached hydrogen (secondary N) is 1. The summed E-state index contributed by atoms with van der Waals surface area (Å²) >= 11 is 0. The Labute approximate surface area is 81.3 Å². The maximum atomic E-state index is 10.8. The van der Waals surface area contributed by atoms with Crippen molar-refractivity contribution in [3.8, 4) is 0 Å². The van der Waals surface area contributed by atoms with Crippen molar-refractivity contribution in [3.05, 3.63) is 0 Å². The van der Waals surface area contributed by atoms with Crippen LogP contribution in [0.2, 0.25) is 0 Å². The summed E-state index contributed by atoms with van der Waals surface area (Å²) in [5.74, 6) is 0.892. The van der Waals surface area contributed by atoms with Crippen molar-refractivity contribution in [3.63, 3.8) is 0 Å². The Kier molecular flexibility index (Phi) is 3.48. The van der Waals surface area contributed by atoms with Crippen LogP contribution in [0.25, 0.3) is 0 Å². The lowest BCUT2D eigenvalue weighted by Crippen LogP contribution is -3.14. The summed E-state index contributed by atoms with van der Waals surface area (Å²) in [5.41, 5.74) is -0.129. The van der Waals surface area contributed by atoms with Crippen LogP contribution in [-0.2, 0) is 4.79 Å². The quantitative estimate of drug-likeness (QED) is 0.635. The maximum absolute atomic E-state index is 10.8. The zero-order valence-electron chi connectivity index (χ0n) is 9.10. The van der Waals surface area contributed by atoms with E-state index in [1.165, 1.54) is 25.9 Å². The number of quaternary nitrogens is 1. The number of aldehydes is 1. The minimum Gasteiger partial charge on any atom is -0.334 e. The summed E-state index contributed by atoms with van der Waals surface area (Å²) in [6.45, 7) is 9.89. The summed E-state index contributed by atoms with van der Waals surface area (Å²) < 4.78 is 0. The molecule has 2 nitrogen and oxygen atoms in total. The lowest BCUT2D eigenvalue weighted by Gasteiger charge is -2.31. The zero-order valence-corrected chi connectivity index (χ0v) is 9.10. The van der Waals surface area contributed by atoms with E-state index in [0.717, 1.165) is 18.7 Å². The number of carbonyl (C=O) groups is 1. The first kappa shape index (κ1) is 10.7. The standard InChI is InChI=1S/C11H21NO/c1-10-4-6-12(7-5-10)8-11(2,3)9-13/h9-10H,4-8H2,1-3H3/p+1. The highest BCUT2D eigenvalue weighted by molar-refractivity contribution is 5.57. The maximum Gasteiger partial charge on any atom is 0.131 e. The molecule has 76 valence electrons. The number of hydrogen-bond donors (Lipinski definition) is 1. The third-order valence-corrected chi connectivity index (χ3v) is 3.01. The Hall–Kier alpha value is -0.370. The van der Waals surface area contributed by atoms with Crippen LogP contribution in [0.4, 0.5) is 0 Å². The van der Waals surface area contributed by atoms with Gasteiger partial charge in [0, 0.05) is 0 Å². The van der Waals surface area contributed by atoms with E-state index in [1.54, 1.807) is 4.90 Å². The predicted octanol–water partition coefficient (Wildman–Crippen LogP) is 0.526. The highest BCUT2D eigenvalue weighted by atomic mass is 16.1. The highest BCUT2D eigenvalue weighted by Crippen LogP contribution is 2.10. The summed E-state index contributed by atoms with van der Waals surface area (Å²) in [6, 6.07) is 0. The molecule has 13 heavy (non-hydrogen) atoms. The molecule has 1 rings (SSSR count). The molecule has 0 unspecified atom stereocenters. The molecule has 0 aromatic rings. The van der Waals surface area contributed by atoms with Gasteiger partial charge in [-0.1, -0.05) is 6.92 Å².